The maximum absolute atomic E-state index is 12.5. The largest absolute Gasteiger partial charge is 0.325 e. The third-order valence-corrected chi connectivity index (χ3v) is 5.85. The molecule has 142 valence electrons. The van der Waals surface area contributed by atoms with E-state index < -0.39 is 0 Å². The smallest absolute Gasteiger partial charge is 0.234 e. The third-order valence-electron chi connectivity index (χ3n) is 4.86. The van der Waals surface area contributed by atoms with E-state index in [0.717, 1.165) is 39.7 Å². The fourth-order valence-electron chi connectivity index (χ4n) is 3.12. The molecule has 1 aromatic heterocycles. The highest BCUT2D eigenvalue weighted by atomic mass is 32.2. The minimum atomic E-state index is -0.0973. The van der Waals surface area contributed by atoms with Crippen molar-refractivity contribution in [3.05, 3.63) is 64.2 Å². The van der Waals surface area contributed by atoms with Gasteiger partial charge in [-0.3, -0.25) is 4.79 Å². The Morgan fingerprint density at radius 1 is 1.14 bits per heavy atom. The first kappa shape index (κ1) is 19.9. The lowest BCUT2D eigenvalue weighted by Crippen LogP contribution is -2.16. The molecule has 3 rings (SSSR count). The number of nitrogens with one attached hydrogen (secondary N) is 1. The molecule has 28 heavy (non-hydrogen) atoms. The third kappa shape index (κ3) is 4.18. The number of benzene rings is 2. The second kappa shape index (κ2) is 8.45. The lowest BCUT2D eigenvalue weighted by Gasteiger charge is -2.13. The molecule has 0 radical (unpaired) electrons. The minimum Gasteiger partial charge on any atom is -0.325 e. The molecule has 0 aliphatic heterocycles. The molecule has 2 aromatic carbocycles. The summed E-state index contributed by atoms with van der Waals surface area (Å²) in [5, 5.41) is 14.1. The summed E-state index contributed by atoms with van der Waals surface area (Å²) in [5.41, 5.74) is 6.72. The van der Waals surface area contributed by atoms with Crippen molar-refractivity contribution in [2.75, 3.05) is 11.1 Å². The SMILES string of the molecule is CCc1cccc(C)c1NC(=O)CSc1nc2cc(C)c(C)cc2cc1C#N. The maximum Gasteiger partial charge on any atom is 0.234 e. The van der Waals surface area contributed by atoms with Crippen LogP contribution in [0.4, 0.5) is 5.69 Å². The van der Waals surface area contributed by atoms with Crippen molar-refractivity contribution in [2.24, 2.45) is 0 Å². The average Bonchev–Trinajstić information content (AvgIpc) is 2.68. The number of hydrogen-bond donors (Lipinski definition) is 1. The number of aryl methyl sites for hydroxylation is 4. The lowest BCUT2D eigenvalue weighted by atomic mass is 10.1. The van der Waals surface area contributed by atoms with Crippen molar-refractivity contribution in [2.45, 2.75) is 39.1 Å². The van der Waals surface area contributed by atoms with Crippen molar-refractivity contribution >= 4 is 34.3 Å². The van der Waals surface area contributed by atoms with Gasteiger partial charge >= 0.3 is 0 Å². The molecule has 3 aromatic rings. The van der Waals surface area contributed by atoms with Gasteiger partial charge in [-0.2, -0.15) is 5.26 Å². The normalized spacial score (nSPS) is 10.7. The Bertz CT molecular complexity index is 1100. The van der Waals surface area contributed by atoms with Gasteiger partial charge in [0.05, 0.1) is 16.8 Å². The number of pyridine rings is 1. The van der Waals surface area contributed by atoms with Crippen molar-refractivity contribution < 1.29 is 4.79 Å². The van der Waals surface area contributed by atoms with E-state index in [-0.39, 0.29) is 11.7 Å². The van der Waals surface area contributed by atoms with Crippen molar-refractivity contribution in [1.29, 1.82) is 5.26 Å². The highest BCUT2D eigenvalue weighted by molar-refractivity contribution is 8.00. The van der Waals surface area contributed by atoms with E-state index in [0.29, 0.717) is 10.6 Å². The fraction of sp³-hybridized carbons (Fsp3) is 0.261. The molecule has 0 atom stereocenters. The summed E-state index contributed by atoms with van der Waals surface area (Å²) in [6.45, 7) is 8.15. The zero-order valence-corrected chi connectivity index (χ0v) is 17.4. The predicted octanol–water partition coefficient (Wildman–Crippen LogP) is 5.32. The van der Waals surface area contributed by atoms with Crippen LogP contribution in [-0.2, 0) is 11.2 Å². The van der Waals surface area contributed by atoms with Gasteiger partial charge in [0, 0.05) is 11.1 Å². The first-order valence-corrected chi connectivity index (χ1v) is 10.2. The van der Waals surface area contributed by atoms with Crippen LogP contribution in [0.3, 0.4) is 0 Å². The number of carbonyl (C=O) groups excluding carboxylic acids is 1. The minimum absolute atomic E-state index is 0.0973. The molecule has 0 saturated heterocycles. The number of nitrogens with zero attached hydrogens (tertiary/aromatic N) is 2. The Hall–Kier alpha value is -2.84. The lowest BCUT2D eigenvalue weighted by molar-refractivity contribution is -0.113. The van der Waals surface area contributed by atoms with Crippen LogP contribution in [0.2, 0.25) is 0 Å². The van der Waals surface area contributed by atoms with Gasteiger partial charge in [-0.25, -0.2) is 4.98 Å². The van der Waals surface area contributed by atoms with Crippen molar-refractivity contribution in [1.82, 2.24) is 4.98 Å². The molecular formula is C23H23N3OS. The van der Waals surface area contributed by atoms with Crippen LogP contribution in [0.5, 0.6) is 0 Å². The van der Waals surface area contributed by atoms with Gasteiger partial charge in [-0.1, -0.05) is 36.9 Å². The summed E-state index contributed by atoms with van der Waals surface area (Å²) in [7, 11) is 0. The van der Waals surface area contributed by atoms with E-state index in [4.69, 9.17) is 0 Å². The number of fused-ring (bicyclic) bond motifs is 1. The number of anilines is 1. The summed E-state index contributed by atoms with van der Waals surface area (Å²) < 4.78 is 0. The maximum atomic E-state index is 12.5. The number of rotatable bonds is 5. The number of carbonyl (C=O) groups is 1. The predicted molar refractivity (Wildman–Crippen MR) is 116 cm³/mol. The Morgan fingerprint density at radius 3 is 2.61 bits per heavy atom. The molecule has 0 bridgehead atoms. The number of para-hydroxylation sites is 1. The zero-order chi connectivity index (χ0) is 20.3. The van der Waals surface area contributed by atoms with E-state index >= 15 is 0 Å². The Kier molecular flexibility index (Phi) is 6.01. The molecule has 0 fully saturated rings. The summed E-state index contributed by atoms with van der Waals surface area (Å²) in [5.74, 6) is 0.107. The monoisotopic (exact) mass is 389 g/mol. The molecule has 5 heteroatoms. The molecule has 0 aliphatic rings. The number of thioether (sulfide) groups is 1. The van der Waals surface area contributed by atoms with Crippen LogP contribution >= 0.6 is 11.8 Å². The molecule has 1 heterocycles. The van der Waals surface area contributed by atoms with Crippen molar-refractivity contribution in [3.8, 4) is 6.07 Å². The molecule has 0 saturated carbocycles. The first-order chi connectivity index (χ1) is 13.4. The number of aromatic nitrogens is 1. The molecule has 4 nitrogen and oxygen atoms in total. The summed E-state index contributed by atoms with van der Waals surface area (Å²) in [4.78, 5) is 17.2. The van der Waals surface area contributed by atoms with Crippen LogP contribution in [0.25, 0.3) is 10.9 Å². The Balaban J connectivity index is 1.81. The van der Waals surface area contributed by atoms with Gasteiger partial charge in [0.1, 0.15) is 11.1 Å². The van der Waals surface area contributed by atoms with E-state index in [9.17, 15) is 10.1 Å². The zero-order valence-electron chi connectivity index (χ0n) is 16.6. The second-order valence-corrected chi connectivity index (χ2v) is 7.85. The van der Waals surface area contributed by atoms with E-state index in [1.807, 2.05) is 57.2 Å². The van der Waals surface area contributed by atoms with Crippen LogP contribution in [0, 0.1) is 32.1 Å². The topological polar surface area (TPSA) is 65.8 Å². The van der Waals surface area contributed by atoms with Crippen LogP contribution in [-0.4, -0.2) is 16.6 Å². The molecule has 0 unspecified atom stereocenters. The standard InChI is InChI=1S/C23H23N3OS/c1-5-17-8-6-7-14(2)22(17)26-21(27)13-28-23-19(12-24)11-18-9-15(3)16(4)10-20(18)25-23/h6-11H,5,13H2,1-4H3,(H,26,27). The molecule has 1 amide bonds. The Labute approximate surface area is 170 Å². The summed E-state index contributed by atoms with van der Waals surface area (Å²) in [6, 6.07) is 14.1. The van der Waals surface area contributed by atoms with Crippen LogP contribution in [0.15, 0.2) is 41.4 Å². The van der Waals surface area contributed by atoms with E-state index in [1.54, 1.807) is 0 Å². The van der Waals surface area contributed by atoms with Crippen LogP contribution in [0.1, 0.15) is 34.7 Å². The fourth-order valence-corrected chi connectivity index (χ4v) is 3.89. The highest BCUT2D eigenvalue weighted by Gasteiger charge is 2.13. The Morgan fingerprint density at radius 2 is 1.89 bits per heavy atom. The van der Waals surface area contributed by atoms with Gasteiger partial charge in [0.25, 0.3) is 0 Å². The van der Waals surface area contributed by atoms with Crippen molar-refractivity contribution in [3.63, 3.8) is 0 Å². The summed E-state index contributed by atoms with van der Waals surface area (Å²) in [6.07, 6.45) is 0.855. The second-order valence-electron chi connectivity index (χ2n) is 6.88. The quantitative estimate of drug-likeness (QED) is 0.599. The average molecular weight is 390 g/mol. The summed E-state index contributed by atoms with van der Waals surface area (Å²) >= 11 is 1.30. The molecule has 0 aliphatic carbocycles. The van der Waals surface area contributed by atoms with Crippen LogP contribution < -0.4 is 5.32 Å². The van der Waals surface area contributed by atoms with E-state index in [1.165, 1.54) is 17.3 Å². The van der Waals surface area contributed by atoms with Gasteiger partial charge in [0.15, 0.2) is 0 Å². The van der Waals surface area contributed by atoms with Gasteiger partial charge < -0.3 is 5.32 Å². The van der Waals surface area contributed by atoms with Gasteiger partial charge in [0.2, 0.25) is 5.91 Å². The number of nitriles is 1. The molecular weight excluding hydrogens is 366 g/mol. The van der Waals surface area contributed by atoms with Gasteiger partial charge in [-0.15, -0.1) is 0 Å². The van der Waals surface area contributed by atoms with Gasteiger partial charge in [-0.05, 0) is 67.6 Å². The molecule has 1 N–H and O–H groups in total. The van der Waals surface area contributed by atoms with E-state index in [2.05, 4.69) is 23.3 Å². The highest BCUT2D eigenvalue weighted by Crippen LogP contribution is 2.27. The first-order valence-electron chi connectivity index (χ1n) is 9.26. The number of hydrogen-bond acceptors (Lipinski definition) is 4. The number of amides is 1. The molecule has 0 spiro atoms.